The Hall–Kier alpha value is -3.20. The predicted molar refractivity (Wildman–Crippen MR) is 95.6 cm³/mol. The van der Waals surface area contributed by atoms with Gasteiger partial charge in [-0.2, -0.15) is 0 Å². The van der Waals surface area contributed by atoms with E-state index in [9.17, 15) is 19.2 Å². The number of rotatable bonds is 7. The Morgan fingerprint density at radius 2 is 1.44 bits per heavy atom. The first kappa shape index (κ1) is 26.7. The van der Waals surface area contributed by atoms with E-state index >= 15 is 0 Å². The number of nitrogens with zero attached hydrogens (tertiary/aromatic N) is 1. The van der Waals surface area contributed by atoms with Crippen LogP contribution in [0.3, 0.4) is 0 Å². The first-order valence-corrected chi connectivity index (χ1v) is 6.89. The van der Waals surface area contributed by atoms with Gasteiger partial charge in [-0.1, -0.05) is 25.3 Å². The molecule has 4 amide bonds. The van der Waals surface area contributed by atoms with Gasteiger partial charge in [0.05, 0.1) is 0 Å². The number of amides is 4. The summed E-state index contributed by atoms with van der Waals surface area (Å²) in [5, 5.41) is 10.1. The lowest BCUT2D eigenvalue weighted by Crippen LogP contribution is -2.20. The summed E-state index contributed by atoms with van der Waals surface area (Å²) in [7, 11) is 3.37. The fraction of sp³-hybridized carbons (Fsp3) is 0.250. The third-order valence-electron chi connectivity index (χ3n) is 1.89. The van der Waals surface area contributed by atoms with E-state index in [1.807, 2.05) is 0 Å². The lowest BCUT2D eigenvalue weighted by molar-refractivity contribution is -0.123. The molecule has 0 fully saturated rings. The van der Waals surface area contributed by atoms with Crippen LogP contribution < -0.4 is 16.8 Å². The van der Waals surface area contributed by atoms with Gasteiger partial charge in [0.15, 0.2) is 0 Å². The molecule has 0 aliphatic rings. The molecular weight excluding hydrogens is 328 g/mol. The van der Waals surface area contributed by atoms with Crippen LogP contribution in [0.15, 0.2) is 49.6 Å². The molecule has 0 aromatic heterocycles. The van der Waals surface area contributed by atoms with Crippen LogP contribution in [0.4, 0.5) is 0 Å². The molecule has 0 aromatic carbocycles. The fourth-order valence-corrected chi connectivity index (χ4v) is 0.780. The van der Waals surface area contributed by atoms with Gasteiger partial charge < -0.3 is 26.8 Å². The van der Waals surface area contributed by atoms with Gasteiger partial charge in [0.2, 0.25) is 23.6 Å². The predicted octanol–water partition coefficient (Wildman–Crippen LogP) is -1.04. The molecule has 0 aliphatic carbocycles. The highest BCUT2D eigenvalue weighted by Gasteiger charge is 1.91. The van der Waals surface area contributed by atoms with Gasteiger partial charge in [-0.05, 0) is 30.7 Å². The molecular formula is C16H26N4O5. The lowest BCUT2D eigenvalue weighted by atomic mass is 10.3. The van der Waals surface area contributed by atoms with Gasteiger partial charge in [-0.3, -0.25) is 19.2 Å². The van der Waals surface area contributed by atoms with Crippen LogP contribution in [0.5, 0.6) is 0 Å². The van der Waals surface area contributed by atoms with Crippen molar-refractivity contribution >= 4 is 23.6 Å². The number of nitrogens with one attached hydrogen (secondary N) is 1. The maximum atomic E-state index is 10.3. The molecule has 6 N–H and O–H groups in total. The Kier molecular flexibility index (Phi) is 20.1. The van der Waals surface area contributed by atoms with E-state index in [4.69, 9.17) is 16.6 Å². The molecule has 0 saturated heterocycles. The molecule has 0 spiro atoms. The van der Waals surface area contributed by atoms with E-state index in [0.29, 0.717) is 6.42 Å². The number of primary amides is 2. The molecule has 0 unspecified atom stereocenters. The molecule has 0 radical (unpaired) electrons. The van der Waals surface area contributed by atoms with E-state index in [1.165, 1.54) is 23.1 Å². The summed E-state index contributed by atoms with van der Waals surface area (Å²) >= 11 is 0. The van der Waals surface area contributed by atoms with E-state index in [1.54, 1.807) is 26.2 Å². The Balaban J connectivity index is -0.000000304. The minimum atomic E-state index is -0.502. The summed E-state index contributed by atoms with van der Waals surface area (Å²) < 4.78 is 0. The second kappa shape index (κ2) is 18.8. The molecule has 25 heavy (non-hydrogen) atoms. The fourth-order valence-electron chi connectivity index (χ4n) is 0.780. The van der Waals surface area contributed by atoms with E-state index < -0.39 is 11.8 Å². The van der Waals surface area contributed by atoms with Crippen LogP contribution in [0, 0.1) is 0 Å². The van der Waals surface area contributed by atoms with Crippen molar-refractivity contribution in [2.24, 2.45) is 11.5 Å². The maximum absolute atomic E-state index is 10.3. The van der Waals surface area contributed by atoms with E-state index in [2.05, 4.69) is 18.5 Å². The summed E-state index contributed by atoms with van der Waals surface area (Å²) in [4.78, 5) is 42.0. The largest absolute Gasteiger partial charge is 0.376 e. The van der Waals surface area contributed by atoms with Gasteiger partial charge in [-0.15, -0.1) is 0 Å². The topological polar surface area (TPSA) is 156 Å². The quantitative estimate of drug-likeness (QED) is 0.339. The highest BCUT2D eigenvalue weighted by molar-refractivity contribution is 5.87. The van der Waals surface area contributed by atoms with Crippen molar-refractivity contribution < 1.29 is 24.3 Å². The zero-order chi connectivity index (χ0) is 20.3. The number of likely N-dealkylation sites (N-methyl/N-ethyl adjacent to an activating group) is 1. The highest BCUT2D eigenvalue weighted by Crippen LogP contribution is 1.84. The molecule has 0 saturated carbocycles. The molecule has 0 heterocycles. The molecule has 9 nitrogen and oxygen atoms in total. The van der Waals surface area contributed by atoms with Crippen LogP contribution >= 0.6 is 0 Å². The molecule has 0 bridgehead atoms. The van der Waals surface area contributed by atoms with Crippen molar-refractivity contribution in [2.75, 3.05) is 20.8 Å². The first-order valence-electron chi connectivity index (χ1n) is 6.89. The number of aliphatic hydroxyl groups is 1. The molecule has 9 heteroatoms. The second-order valence-electron chi connectivity index (χ2n) is 4.19. The summed E-state index contributed by atoms with van der Waals surface area (Å²) in [6, 6.07) is 0. The van der Waals surface area contributed by atoms with Gasteiger partial charge >= 0.3 is 0 Å². The van der Waals surface area contributed by atoms with E-state index in [0.717, 1.165) is 6.08 Å². The zero-order valence-corrected chi connectivity index (χ0v) is 14.5. The maximum Gasteiger partial charge on any atom is 0.245 e. The molecule has 0 atom stereocenters. The average Bonchev–Trinajstić information content (AvgIpc) is 2.54. The number of hydrogen-bond donors (Lipinski definition) is 4. The van der Waals surface area contributed by atoms with Crippen molar-refractivity contribution in [3.63, 3.8) is 0 Å². The Bertz CT molecular complexity index is 489. The van der Waals surface area contributed by atoms with Gasteiger partial charge in [0, 0.05) is 14.1 Å². The van der Waals surface area contributed by atoms with Crippen molar-refractivity contribution in [3.05, 3.63) is 49.6 Å². The summed E-state index contributed by atoms with van der Waals surface area (Å²) in [6.45, 7) is 6.12. The third-order valence-corrected chi connectivity index (χ3v) is 1.89. The first-order chi connectivity index (χ1) is 11.6. The Morgan fingerprint density at radius 3 is 1.60 bits per heavy atom. The van der Waals surface area contributed by atoms with Crippen LogP contribution in [-0.4, -0.2) is 54.5 Å². The number of aliphatic hydroxyl groups excluding tert-OH is 1. The zero-order valence-electron chi connectivity index (χ0n) is 14.5. The van der Waals surface area contributed by atoms with E-state index in [-0.39, 0.29) is 18.5 Å². The third kappa shape index (κ3) is 29.4. The second-order valence-corrected chi connectivity index (χ2v) is 4.19. The number of nitrogens with two attached hydrogens (primary N) is 2. The van der Waals surface area contributed by atoms with Crippen molar-refractivity contribution in [1.29, 1.82) is 0 Å². The number of hydrogen-bond acceptors (Lipinski definition) is 5. The molecule has 140 valence electrons. The minimum absolute atomic E-state index is 0.0556. The number of allylic oxidation sites excluding steroid dienone is 2. The van der Waals surface area contributed by atoms with Crippen molar-refractivity contribution in [1.82, 2.24) is 10.2 Å². The Morgan fingerprint density at radius 1 is 1.00 bits per heavy atom. The molecule has 0 aliphatic heterocycles. The van der Waals surface area contributed by atoms with Crippen LogP contribution in [-0.2, 0) is 19.2 Å². The van der Waals surface area contributed by atoms with Gasteiger partial charge in [-0.25, -0.2) is 0 Å². The normalized spacial score (nSPS) is 9.08. The Labute approximate surface area is 147 Å². The highest BCUT2D eigenvalue weighted by atomic mass is 16.3. The van der Waals surface area contributed by atoms with Gasteiger partial charge in [0.25, 0.3) is 0 Å². The summed E-state index contributed by atoms with van der Waals surface area (Å²) in [6.07, 6.45) is 8.39. The smallest absolute Gasteiger partial charge is 0.245 e. The number of carbonyl (C=O) groups excluding carboxylic acids is 4. The minimum Gasteiger partial charge on any atom is -0.376 e. The SMILES string of the molecule is C=CC(=O)N(C)C.C=CC(=O)NCO.NC(=O)C=CCC=CC(N)=O. The molecule has 0 aromatic rings. The van der Waals surface area contributed by atoms with Crippen LogP contribution in [0.2, 0.25) is 0 Å². The standard InChI is InChI=1S/C7H10N2O2.C5H9NO.C4H7NO2/c8-6(10)4-2-1-3-5-7(9)11;1-4-5(7)6(2)3;1-2-4(7)5-3-6/h2-5H,1H2,(H2,8,10)(H2,9,11);4H,1H2,2-3H3;2,6H,1,3H2,(H,5,7). The van der Waals surface area contributed by atoms with Crippen molar-refractivity contribution in [3.8, 4) is 0 Å². The molecule has 0 rings (SSSR count). The average molecular weight is 354 g/mol. The van der Waals surface area contributed by atoms with Crippen LogP contribution in [0.25, 0.3) is 0 Å². The summed E-state index contributed by atoms with van der Waals surface area (Å²) in [5.74, 6) is -1.42. The van der Waals surface area contributed by atoms with Crippen LogP contribution in [0.1, 0.15) is 6.42 Å². The van der Waals surface area contributed by atoms with Crippen molar-refractivity contribution in [2.45, 2.75) is 6.42 Å². The summed E-state index contributed by atoms with van der Waals surface area (Å²) in [5.41, 5.74) is 9.59. The monoisotopic (exact) mass is 354 g/mol. The number of carbonyl (C=O) groups is 4. The van der Waals surface area contributed by atoms with Gasteiger partial charge in [0.1, 0.15) is 6.73 Å². The lowest BCUT2D eigenvalue weighted by Gasteiger charge is -2.03.